The lowest BCUT2D eigenvalue weighted by Gasteiger charge is -2.38. The van der Waals surface area contributed by atoms with Crippen LogP contribution in [0.3, 0.4) is 0 Å². The van der Waals surface area contributed by atoms with Crippen molar-refractivity contribution in [2.24, 2.45) is 11.1 Å². The van der Waals surface area contributed by atoms with Crippen LogP contribution in [0.4, 0.5) is 5.69 Å². The Balaban J connectivity index is 1.81. The molecular weight excluding hydrogens is 379 g/mol. The molecule has 1 heterocycles. The molecule has 0 radical (unpaired) electrons. The van der Waals surface area contributed by atoms with Gasteiger partial charge in [-0.3, -0.25) is 0 Å². The largest absolute Gasteiger partial charge is 0.378 e. The summed E-state index contributed by atoms with van der Waals surface area (Å²) in [5.74, 6) is 0.372. The smallest absolute Gasteiger partial charge is 0.238 e. The SMILES string of the molecule is NS(=O)(=O)c1ccc2c(c1)[C@@H]1C=CC[C@@H]1[C@H](c1ccc(Cl)cc1Cl)N2. The summed E-state index contributed by atoms with van der Waals surface area (Å²) >= 11 is 12.4. The summed E-state index contributed by atoms with van der Waals surface area (Å²) in [6, 6.07) is 10.5. The van der Waals surface area contributed by atoms with Gasteiger partial charge in [0.2, 0.25) is 10.0 Å². The van der Waals surface area contributed by atoms with E-state index in [0.717, 1.165) is 23.2 Å². The van der Waals surface area contributed by atoms with Gasteiger partial charge in [0, 0.05) is 21.7 Å². The maximum Gasteiger partial charge on any atom is 0.238 e. The zero-order valence-electron chi connectivity index (χ0n) is 13.1. The number of primary sulfonamides is 1. The second-order valence-corrected chi connectivity index (χ2v) is 8.84. The molecule has 3 N–H and O–H groups in total. The van der Waals surface area contributed by atoms with E-state index in [0.29, 0.717) is 10.0 Å². The summed E-state index contributed by atoms with van der Waals surface area (Å²) in [6.07, 6.45) is 5.15. The predicted octanol–water partition coefficient (Wildman–Crippen LogP) is 4.47. The monoisotopic (exact) mass is 394 g/mol. The summed E-state index contributed by atoms with van der Waals surface area (Å²) in [5.41, 5.74) is 2.84. The molecule has 3 atom stereocenters. The minimum atomic E-state index is -3.73. The number of sulfonamides is 1. The Morgan fingerprint density at radius 2 is 1.88 bits per heavy atom. The van der Waals surface area contributed by atoms with Crippen LogP contribution in [0.25, 0.3) is 0 Å². The molecule has 2 aromatic rings. The Morgan fingerprint density at radius 1 is 1.08 bits per heavy atom. The Bertz CT molecular complexity index is 989. The molecule has 0 amide bonds. The average Bonchev–Trinajstić information content (AvgIpc) is 3.03. The van der Waals surface area contributed by atoms with Gasteiger partial charge in [0.15, 0.2) is 0 Å². The molecule has 130 valence electrons. The van der Waals surface area contributed by atoms with E-state index in [1.165, 1.54) is 6.07 Å². The van der Waals surface area contributed by atoms with Crippen molar-refractivity contribution in [1.29, 1.82) is 0 Å². The van der Waals surface area contributed by atoms with E-state index < -0.39 is 10.0 Å². The van der Waals surface area contributed by atoms with Crippen LogP contribution in [0.5, 0.6) is 0 Å². The number of nitrogens with two attached hydrogens (primary N) is 1. The first kappa shape index (κ1) is 16.9. The van der Waals surface area contributed by atoms with Crippen molar-refractivity contribution < 1.29 is 8.42 Å². The van der Waals surface area contributed by atoms with E-state index in [1.54, 1.807) is 18.2 Å². The van der Waals surface area contributed by atoms with Gasteiger partial charge in [-0.1, -0.05) is 41.4 Å². The van der Waals surface area contributed by atoms with Gasteiger partial charge in [0.25, 0.3) is 0 Å². The highest BCUT2D eigenvalue weighted by Crippen LogP contribution is 2.51. The van der Waals surface area contributed by atoms with Crippen molar-refractivity contribution in [2.45, 2.75) is 23.3 Å². The topological polar surface area (TPSA) is 72.2 Å². The van der Waals surface area contributed by atoms with Crippen LogP contribution in [-0.4, -0.2) is 8.42 Å². The molecule has 1 aliphatic heterocycles. The zero-order valence-corrected chi connectivity index (χ0v) is 15.4. The quantitative estimate of drug-likeness (QED) is 0.738. The average molecular weight is 395 g/mol. The maximum absolute atomic E-state index is 11.7. The molecule has 0 saturated carbocycles. The first-order valence-electron chi connectivity index (χ1n) is 7.89. The van der Waals surface area contributed by atoms with E-state index in [9.17, 15) is 8.42 Å². The van der Waals surface area contributed by atoms with Gasteiger partial charge in [-0.2, -0.15) is 0 Å². The molecule has 2 aromatic carbocycles. The van der Waals surface area contributed by atoms with Gasteiger partial charge in [0.1, 0.15) is 0 Å². The lowest BCUT2D eigenvalue weighted by Crippen LogP contribution is -2.29. The highest BCUT2D eigenvalue weighted by Gasteiger charge is 2.39. The van der Waals surface area contributed by atoms with Crippen molar-refractivity contribution >= 4 is 38.9 Å². The highest BCUT2D eigenvalue weighted by atomic mass is 35.5. The number of hydrogen-bond acceptors (Lipinski definition) is 3. The molecule has 25 heavy (non-hydrogen) atoms. The molecule has 0 spiro atoms. The molecular formula is C18H16Cl2N2O2S. The van der Waals surface area contributed by atoms with Crippen LogP contribution in [0, 0.1) is 5.92 Å². The number of fused-ring (bicyclic) bond motifs is 3. The number of halogens is 2. The lowest BCUT2D eigenvalue weighted by molar-refractivity contribution is 0.425. The third-order valence-electron chi connectivity index (χ3n) is 4.96. The molecule has 0 saturated heterocycles. The fourth-order valence-corrected chi connectivity index (χ4v) is 4.89. The first-order valence-corrected chi connectivity index (χ1v) is 10.2. The maximum atomic E-state index is 11.7. The molecule has 0 unspecified atom stereocenters. The molecule has 1 aliphatic carbocycles. The van der Waals surface area contributed by atoms with E-state index in [4.69, 9.17) is 28.3 Å². The Labute approximate surface area is 156 Å². The third-order valence-corrected chi connectivity index (χ3v) is 6.43. The van der Waals surface area contributed by atoms with E-state index >= 15 is 0 Å². The normalized spacial score (nSPS) is 24.5. The molecule has 2 aliphatic rings. The minimum Gasteiger partial charge on any atom is -0.378 e. The summed E-state index contributed by atoms with van der Waals surface area (Å²) in [6.45, 7) is 0. The van der Waals surface area contributed by atoms with Crippen LogP contribution in [0.1, 0.15) is 29.5 Å². The van der Waals surface area contributed by atoms with Gasteiger partial charge in [-0.05, 0) is 53.8 Å². The van der Waals surface area contributed by atoms with Gasteiger partial charge < -0.3 is 5.32 Å². The van der Waals surface area contributed by atoms with Gasteiger partial charge in [-0.15, -0.1) is 0 Å². The van der Waals surface area contributed by atoms with Gasteiger partial charge in [-0.25, -0.2) is 13.6 Å². The summed E-state index contributed by atoms with van der Waals surface area (Å²) < 4.78 is 23.4. The molecule has 0 fully saturated rings. The third kappa shape index (κ3) is 2.95. The first-order chi connectivity index (χ1) is 11.8. The van der Waals surface area contributed by atoms with Crippen LogP contribution in [0.2, 0.25) is 10.0 Å². The van der Waals surface area contributed by atoms with Crippen molar-refractivity contribution in [3.63, 3.8) is 0 Å². The number of rotatable bonds is 2. The fraction of sp³-hybridized carbons (Fsp3) is 0.222. The Kier molecular flexibility index (Phi) is 4.07. The molecule has 7 heteroatoms. The van der Waals surface area contributed by atoms with Crippen LogP contribution >= 0.6 is 23.2 Å². The number of anilines is 1. The minimum absolute atomic E-state index is 0.0256. The molecule has 0 aromatic heterocycles. The summed E-state index contributed by atoms with van der Waals surface area (Å²) in [7, 11) is -3.73. The predicted molar refractivity (Wildman–Crippen MR) is 101 cm³/mol. The summed E-state index contributed by atoms with van der Waals surface area (Å²) in [4.78, 5) is 0.134. The van der Waals surface area contributed by atoms with Crippen molar-refractivity contribution in [1.82, 2.24) is 0 Å². The van der Waals surface area contributed by atoms with Crippen LogP contribution in [0.15, 0.2) is 53.4 Å². The number of hydrogen-bond donors (Lipinski definition) is 2. The van der Waals surface area contributed by atoms with Crippen molar-refractivity contribution in [3.8, 4) is 0 Å². The number of nitrogens with one attached hydrogen (secondary N) is 1. The van der Waals surface area contributed by atoms with Gasteiger partial charge >= 0.3 is 0 Å². The van der Waals surface area contributed by atoms with E-state index in [-0.39, 0.29) is 22.8 Å². The van der Waals surface area contributed by atoms with Crippen LogP contribution < -0.4 is 10.5 Å². The zero-order chi connectivity index (χ0) is 17.8. The van der Waals surface area contributed by atoms with E-state index in [2.05, 4.69) is 17.5 Å². The molecule has 4 rings (SSSR count). The van der Waals surface area contributed by atoms with Crippen molar-refractivity contribution in [3.05, 3.63) is 69.7 Å². The van der Waals surface area contributed by atoms with Crippen molar-refractivity contribution in [2.75, 3.05) is 5.32 Å². The van der Waals surface area contributed by atoms with Crippen LogP contribution in [-0.2, 0) is 10.0 Å². The second-order valence-electron chi connectivity index (χ2n) is 6.44. The Morgan fingerprint density at radius 3 is 2.60 bits per heavy atom. The van der Waals surface area contributed by atoms with Gasteiger partial charge in [0.05, 0.1) is 10.9 Å². The highest BCUT2D eigenvalue weighted by molar-refractivity contribution is 7.89. The fourth-order valence-electron chi connectivity index (χ4n) is 3.81. The standard InChI is InChI=1S/C18H16Cl2N2O2S/c19-10-4-6-14(16(20)8-10)18-13-3-1-2-12(13)15-9-11(25(21,23)24)5-7-17(15)22-18/h1-2,4-9,12-13,18,22H,3H2,(H2,21,23,24)/t12-,13+,18-/m1/s1. The Hall–Kier alpha value is -1.53. The molecule has 4 nitrogen and oxygen atoms in total. The summed E-state index contributed by atoms with van der Waals surface area (Å²) in [5, 5.41) is 10.0. The molecule has 0 bridgehead atoms. The number of benzene rings is 2. The second kappa shape index (κ2) is 6.02. The number of allylic oxidation sites excluding steroid dienone is 2. The lowest BCUT2D eigenvalue weighted by atomic mass is 9.77. The van der Waals surface area contributed by atoms with E-state index in [1.807, 2.05) is 12.1 Å².